The summed E-state index contributed by atoms with van der Waals surface area (Å²) in [5.41, 5.74) is -0.577. The molecule has 3 atom stereocenters. The number of nitrogens with one attached hydrogen (secondary N) is 2. The van der Waals surface area contributed by atoms with Crippen LogP contribution in [0, 0.1) is 17.3 Å². The summed E-state index contributed by atoms with van der Waals surface area (Å²) in [6, 6.07) is 8.81. The third-order valence-electron chi connectivity index (χ3n) is 5.65. The van der Waals surface area contributed by atoms with Gasteiger partial charge in [0, 0.05) is 18.6 Å². The Morgan fingerprint density at radius 1 is 1.00 bits per heavy atom. The summed E-state index contributed by atoms with van der Waals surface area (Å²) in [7, 11) is 0. The topological polar surface area (TPSA) is 128 Å². The molecule has 27 heavy (non-hydrogen) atoms. The van der Waals surface area contributed by atoms with E-state index in [9.17, 15) is 24.3 Å². The van der Waals surface area contributed by atoms with Crippen molar-refractivity contribution in [2.75, 3.05) is 5.01 Å². The molecule has 3 unspecified atom stereocenters. The smallest absolute Gasteiger partial charge is 0.231 e. The van der Waals surface area contributed by atoms with Crippen molar-refractivity contribution in [3.05, 3.63) is 30.3 Å². The van der Waals surface area contributed by atoms with Gasteiger partial charge in [-0.3, -0.25) is 29.8 Å². The van der Waals surface area contributed by atoms with E-state index in [1.807, 2.05) is 6.07 Å². The number of aliphatic hydroxyl groups excluding tert-OH is 1. The summed E-state index contributed by atoms with van der Waals surface area (Å²) in [4.78, 5) is 48.8. The molecule has 3 aliphatic heterocycles. The Bertz CT molecular complexity index is 845. The molecule has 9 heteroatoms. The molecular weight excluding hydrogens is 352 g/mol. The summed E-state index contributed by atoms with van der Waals surface area (Å²) in [5, 5.41) is 21.5. The zero-order valence-electron chi connectivity index (χ0n) is 14.5. The van der Waals surface area contributed by atoms with Crippen LogP contribution in [0.1, 0.15) is 19.8 Å². The van der Waals surface area contributed by atoms with Gasteiger partial charge in [-0.05, 0) is 19.1 Å². The second-order valence-electron chi connectivity index (χ2n) is 7.01. The highest BCUT2D eigenvalue weighted by atomic mass is 16.3. The van der Waals surface area contributed by atoms with Crippen LogP contribution >= 0.6 is 0 Å². The molecule has 3 aliphatic rings. The van der Waals surface area contributed by atoms with Gasteiger partial charge in [0.05, 0.1) is 22.9 Å². The SMILES string of the molecule is CC1=NN(c2ccccc2)C(O)C1(C1CC(=O)NC1=O)C1CC(=O)NC1=O. The predicted molar refractivity (Wildman–Crippen MR) is 93.0 cm³/mol. The lowest BCUT2D eigenvalue weighted by Gasteiger charge is -2.41. The van der Waals surface area contributed by atoms with Gasteiger partial charge in [-0.25, -0.2) is 5.01 Å². The van der Waals surface area contributed by atoms with E-state index >= 15 is 0 Å². The zero-order valence-corrected chi connectivity index (χ0v) is 14.5. The van der Waals surface area contributed by atoms with Crippen LogP contribution in [0.4, 0.5) is 5.69 Å². The first kappa shape index (κ1) is 17.3. The number of anilines is 1. The van der Waals surface area contributed by atoms with Gasteiger partial charge < -0.3 is 5.11 Å². The van der Waals surface area contributed by atoms with E-state index in [0.717, 1.165) is 0 Å². The molecule has 2 fully saturated rings. The van der Waals surface area contributed by atoms with Crippen LogP contribution in [0.3, 0.4) is 0 Å². The minimum Gasteiger partial charge on any atom is -0.371 e. The second kappa shape index (κ2) is 5.98. The zero-order chi connectivity index (χ0) is 19.3. The van der Waals surface area contributed by atoms with Gasteiger partial charge in [0.2, 0.25) is 23.6 Å². The summed E-state index contributed by atoms with van der Waals surface area (Å²) < 4.78 is 0. The molecule has 3 N–H and O–H groups in total. The first-order valence-corrected chi connectivity index (χ1v) is 8.61. The quantitative estimate of drug-likeness (QED) is 0.616. The minimum atomic E-state index is -1.48. The maximum Gasteiger partial charge on any atom is 0.231 e. The number of carbonyl (C=O) groups is 4. The van der Waals surface area contributed by atoms with Gasteiger partial charge in [-0.15, -0.1) is 0 Å². The molecule has 3 heterocycles. The number of aliphatic hydroxyl groups is 1. The fourth-order valence-electron chi connectivity index (χ4n) is 4.46. The van der Waals surface area contributed by atoms with Gasteiger partial charge in [0.1, 0.15) is 0 Å². The third kappa shape index (κ3) is 2.38. The van der Waals surface area contributed by atoms with Crippen molar-refractivity contribution in [3.63, 3.8) is 0 Å². The first-order valence-electron chi connectivity index (χ1n) is 8.61. The van der Waals surface area contributed by atoms with Crippen molar-refractivity contribution < 1.29 is 24.3 Å². The normalized spacial score (nSPS) is 33.3. The summed E-state index contributed by atoms with van der Waals surface area (Å²) >= 11 is 0. The van der Waals surface area contributed by atoms with E-state index < -0.39 is 47.1 Å². The Hall–Kier alpha value is -3.07. The number of imide groups is 2. The van der Waals surface area contributed by atoms with Crippen molar-refractivity contribution in [1.29, 1.82) is 0 Å². The highest BCUT2D eigenvalue weighted by Gasteiger charge is 2.65. The second-order valence-corrected chi connectivity index (χ2v) is 7.01. The minimum absolute atomic E-state index is 0.177. The number of carbonyl (C=O) groups excluding carboxylic acids is 4. The lowest BCUT2D eigenvalue weighted by atomic mass is 9.61. The molecular formula is C18H18N4O5. The van der Waals surface area contributed by atoms with Crippen LogP contribution in [-0.4, -0.2) is 40.7 Å². The van der Waals surface area contributed by atoms with Crippen LogP contribution in [-0.2, 0) is 19.2 Å². The molecule has 0 aliphatic carbocycles. The van der Waals surface area contributed by atoms with Crippen molar-refractivity contribution in [2.45, 2.75) is 26.0 Å². The van der Waals surface area contributed by atoms with E-state index in [1.54, 1.807) is 31.2 Å². The summed E-state index contributed by atoms with van der Waals surface area (Å²) in [6.45, 7) is 1.61. The number of hydrazone groups is 1. The highest BCUT2D eigenvalue weighted by molar-refractivity contribution is 6.12. The third-order valence-corrected chi connectivity index (χ3v) is 5.65. The number of para-hydroxylation sites is 1. The number of benzene rings is 1. The van der Waals surface area contributed by atoms with E-state index in [-0.39, 0.29) is 12.8 Å². The Kier molecular flexibility index (Phi) is 3.84. The fraction of sp³-hybridized carbons (Fsp3) is 0.389. The maximum atomic E-state index is 12.5. The van der Waals surface area contributed by atoms with Crippen molar-refractivity contribution >= 4 is 35.0 Å². The monoisotopic (exact) mass is 370 g/mol. The van der Waals surface area contributed by atoms with Crippen LogP contribution in [0.5, 0.6) is 0 Å². The molecule has 140 valence electrons. The van der Waals surface area contributed by atoms with Gasteiger partial charge in [0.15, 0.2) is 6.23 Å². The highest BCUT2D eigenvalue weighted by Crippen LogP contribution is 2.52. The Morgan fingerprint density at radius 3 is 1.96 bits per heavy atom. The van der Waals surface area contributed by atoms with Crippen molar-refractivity contribution in [2.24, 2.45) is 22.4 Å². The molecule has 0 aromatic heterocycles. The van der Waals surface area contributed by atoms with Crippen LogP contribution < -0.4 is 15.6 Å². The van der Waals surface area contributed by atoms with Crippen molar-refractivity contribution in [3.8, 4) is 0 Å². The van der Waals surface area contributed by atoms with E-state index in [2.05, 4.69) is 15.7 Å². The van der Waals surface area contributed by atoms with Crippen molar-refractivity contribution in [1.82, 2.24) is 10.6 Å². The van der Waals surface area contributed by atoms with Crippen LogP contribution in [0.25, 0.3) is 0 Å². The molecule has 0 spiro atoms. The van der Waals surface area contributed by atoms with Gasteiger partial charge in [0.25, 0.3) is 0 Å². The van der Waals surface area contributed by atoms with Crippen LogP contribution in [0.15, 0.2) is 35.4 Å². The molecule has 2 saturated heterocycles. The predicted octanol–water partition coefficient (Wildman–Crippen LogP) is -0.487. The average molecular weight is 370 g/mol. The molecule has 0 bridgehead atoms. The van der Waals surface area contributed by atoms with Gasteiger partial charge in [-0.1, -0.05) is 18.2 Å². The number of hydrogen-bond donors (Lipinski definition) is 3. The summed E-state index contributed by atoms with van der Waals surface area (Å²) in [6.07, 6.45) is -1.74. The van der Waals surface area contributed by atoms with E-state index in [1.165, 1.54) is 5.01 Å². The Balaban J connectivity index is 1.85. The number of rotatable bonds is 3. The Labute approximate surface area is 154 Å². The first-order chi connectivity index (χ1) is 12.9. The standard InChI is InChI=1S/C18H18N4O5/c1-9-18(11-7-13(23)19-15(11)25,12-8-14(24)20-16(12)26)17(27)22(21-9)10-5-3-2-4-6-10/h2-6,11-12,17,27H,7-8H2,1H3,(H,19,23,25)(H,20,24,26). The fourth-order valence-corrected chi connectivity index (χ4v) is 4.46. The van der Waals surface area contributed by atoms with Crippen LogP contribution in [0.2, 0.25) is 0 Å². The molecule has 9 nitrogen and oxygen atoms in total. The summed E-state index contributed by atoms with van der Waals surface area (Å²) in [5.74, 6) is -4.11. The molecule has 1 aromatic rings. The van der Waals surface area contributed by atoms with Gasteiger partial charge >= 0.3 is 0 Å². The van der Waals surface area contributed by atoms with E-state index in [4.69, 9.17) is 0 Å². The number of amides is 4. The molecule has 0 radical (unpaired) electrons. The van der Waals surface area contributed by atoms with E-state index in [0.29, 0.717) is 11.4 Å². The largest absolute Gasteiger partial charge is 0.371 e. The molecule has 1 aromatic carbocycles. The molecule has 4 rings (SSSR count). The lowest BCUT2D eigenvalue weighted by molar-refractivity contribution is -0.134. The molecule has 4 amide bonds. The maximum absolute atomic E-state index is 12.5. The lowest BCUT2D eigenvalue weighted by Crippen LogP contribution is -2.56. The van der Waals surface area contributed by atoms with Gasteiger partial charge in [-0.2, -0.15) is 5.10 Å². The number of nitrogens with zero attached hydrogens (tertiary/aromatic N) is 2. The molecule has 0 saturated carbocycles. The average Bonchev–Trinajstić information content (AvgIpc) is 3.23. The number of hydrogen-bond acceptors (Lipinski definition) is 7. The Morgan fingerprint density at radius 2 is 1.52 bits per heavy atom.